The van der Waals surface area contributed by atoms with E-state index in [1.807, 2.05) is 13.8 Å². The largest absolute Gasteiger partial charge is 0.491 e. The van der Waals surface area contributed by atoms with Crippen LogP contribution in [-0.2, 0) is 4.79 Å². The van der Waals surface area contributed by atoms with Gasteiger partial charge in [0.05, 0.1) is 0 Å². The molecule has 26 heavy (non-hydrogen) atoms. The smallest absolute Gasteiger partial charge is 0.222 e. The van der Waals surface area contributed by atoms with E-state index in [1.54, 1.807) is 24.3 Å². The lowest BCUT2D eigenvalue weighted by Gasteiger charge is -2.33. The van der Waals surface area contributed by atoms with Crippen molar-refractivity contribution >= 4 is 11.7 Å². The van der Waals surface area contributed by atoms with Gasteiger partial charge in [0.2, 0.25) is 5.91 Å². The fourth-order valence-electron chi connectivity index (χ4n) is 2.96. The second kappa shape index (κ2) is 9.69. The van der Waals surface area contributed by atoms with E-state index in [2.05, 4.69) is 10.2 Å². The Morgan fingerprint density at radius 2 is 1.85 bits per heavy atom. The van der Waals surface area contributed by atoms with Crippen molar-refractivity contribution in [2.75, 3.05) is 26.2 Å². The van der Waals surface area contributed by atoms with E-state index in [1.165, 1.54) is 6.92 Å². The number of nitrogens with one attached hydrogen (secondary N) is 1. The summed E-state index contributed by atoms with van der Waals surface area (Å²) in [5.41, 5.74) is 0.644. The Hall–Kier alpha value is -1.92. The van der Waals surface area contributed by atoms with Crippen LogP contribution in [0.1, 0.15) is 44.0 Å². The van der Waals surface area contributed by atoms with Gasteiger partial charge >= 0.3 is 0 Å². The number of amides is 1. The lowest BCUT2D eigenvalue weighted by atomic mass is 10.0. The highest BCUT2D eigenvalue weighted by atomic mass is 16.5. The lowest BCUT2D eigenvalue weighted by Crippen LogP contribution is -2.47. The zero-order chi connectivity index (χ0) is 19.1. The Balaban J connectivity index is 1.68. The third-order valence-corrected chi connectivity index (χ3v) is 4.63. The number of carbonyl (C=O) groups excluding carboxylic acids is 2. The summed E-state index contributed by atoms with van der Waals surface area (Å²) in [7, 11) is 0. The van der Waals surface area contributed by atoms with Crippen molar-refractivity contribution in [3.8, 4) is 5.75 Å². The number of benzene rings is 1. The fourth-order valence-corrected chi connectivity index (χ4v) is 2.96. The SMILES string of the molecule is CC(=O)c1ccc(OCC(O)CN2CCC(NC(=O)C(C)C)CC2)cc1. The van der Waals surface area contributed by atoms with Crippen molar-refractivity contribution in [3.63, 3.8) is 0 Å². The van der Waals surface area contributed by atoms with Gasteiger partial charge in [-0.05, 0) is 44.0 Å². The first kappa shape index (κ1) is 20.4. The summed E-state index contributed by atoms with van der Waals surface area (Å²) in [5.74, 6) is 0.776. The van der Waals surface area contributed by atoms with Crippen molar-refractivity contribution in [2.24, 2.45) is 5.92 Å². The second-order valence-electron chi connectivity index (χ2n) is 7.28. The number of nitrogens with zero attached hydrogens (tertiary/aromatic N) is 1. The molecule has 0 aromatic heterocycles. The van der Waals surface area contributed by atoms with E-state index in [9.17, 15) is 14.7 Å². The first-order valence-electron chi connectivity index (χ1n) is 9.29. The number of likely N-dealkylation sites (tertiary alicyclic amines) is 1. The zero-order valence-electron chi connectivity index (χ0n) is 15.9. The topological polar surface area (TPSA) is 78.9 Å². The number of ketones is 1. The molecular formula is C20H30N2O4. The van der Waals surface area contributed by atoms with Crippen LogP contribution in [0.4, 0.5) is 0 Å². The van der Waals surface area contributed by atoms with Crippen molar-refractivity contribution < 1.29 is 19.4 Å². The fraction of sp³-hybridized carbons (Fsp3) is 0.600. The van der Waals surface area contributed by atoms with Gasteiger partial charge in [-0.2, -0.15) is 0 Å². The standard InChI is InChI=1S/C20H30N2O4/c1-14(2)20(25)21-17-8-10-22(11-9-17)12-18(24)13-26-19-6-4-16(5-7-19)15(3)23/h4-7,14,17-18,24H,8-13H2,1-3H3,(H,21,25). The predicted octanol–water partition coefficient (Wildman–Crippen LogP) is 1.87. The number of hydrogen-bond donors (Lipinski definition) is 2. The summed E-state index contributed by atoms with van der Waals surface area (Å²) < 4.78 is 5.60. The molecule has 2 N–H and O–H groups in total. The maximum absolute atomic E-state index is 11.7. The van der Waals surface area contributed by atoms with Gasteiger partial charge in [0.1, 0.15) is 18.5 Å². The molecule has 1 saturated heterocycles. The molecule has 0 aliphatic carbocycles. The van der Waals surface area contributed by atoms with E-state index in [0.29, 0.717) is 17.9 Å². The normalized spacial score (nSPS) is 17.1. The minimum atomic E-state index is -0.579. The molecule has 0 saturated carbocycles. The minimum absolute atomic E-state index is 0.0107. The number of carbonyl (C=O) groups is 2. The van der Waals surface area contributed by atoms with Gasteiger partial charge in [0.25, 0.3) is 0 Å². The number of ether oxygens (including phenoxy) is 1. The van der Waals surface area contributed by atoms with E-state index in [-0.39, 0.29) is 30.3 Å². The average Bonchev–Trinajstić information content (AvgIpc) is 2.62. The first-order chi connectivity index (χ1) is 12.3. The van der Waals surface area contributed by atoms with Gasteiger partial charge in [-0.15, -0.1) is 0 Å². The maximum atomic E-state index is 11.7. The first-order valence-corrected chi connectivity index (χ1v) is 9.29. The Bertz CT molecular complexity index is 592. The molecule has 2 rings (SSSR count). The van der Waals surface area contributed by atoms with Gasteiger partial charge < -0.3 is 20.1 Å². The molecular weight excluding hydrogens is 332 g/mol. The number of piperidine rings is 1. The monoisotopic (exact) mass is 362 g/mol. The van der Waals surface area contributed by atoms with Crippen molar-refractivity contribution in [3.05, 3.63) is 29.8 Å². The molecule has 144 valence electrons. The summed E-state index contributed by atoms with van der Waals surface area (Å²) in [6, 6.07) is 7.16. The van der Waals surface area contributed by atoms with Gasteiger partial charge in [-0.25, -0.2) is 0 Å². The summed E-state index contributed by atoms with van der Waals surface area (Å²) in [6.45, 7) is 7.79. The summed E-state index contributed by atoms with van der Waals surface area (Å²) in [6.07, 6.45) is 1.22. The molecule has 1 aliphatic heterocycles. The van der Waals surface area contributed by atoms with Crippen LogP contribution in [0.5, 0.6) is 5.75 Å². The predicted molar refractivity (Wildman–Crippen MR) is 100 cm³/mol. The molecule has 6 heteroatoms. The zero-order valence-corrected chi connectivity index (χ0v) is 15.9. The molecule has 0 radical (unpaired) electrons. The number of rotatable bonds is 8. The lowest BCUT2D eigenvalue weighted by molar-refractivity contribution is -0.125. The second-order valence-corrected chi connectivity index (χ2v) is 7.28. The third-order valence-electron chi connectivity index (χ3n) is 4.63. The van der Waals surface area contributed by atoms with E-state index >= 15 is 0 Å². The third kappa shape index (κ3) is 6.42. The molecule has 1 fully saturated rings. The highest BCUT2D eigenvalue weighted by molar-refractivity contribution is 5.94. The number of β-amino-alcohol motifs (C(OH)–C–C–N with tert-alkyl or cyclic N) is 1. The molecule has 1 amide bonds. The molecule has 1 aliphatic rings. The van der Waals surface area contributed by atoms with E-state index in [0.717, 1.165) is 25.9 Å². The van der Waals surface area contributed by atoms with Crippen molar-refractivity contribution in [2.45, 2.75) is 45.8 Å². The number of Topliss-reactive ketones (excluding diaryl/α,β-unsaturated/α-hetero) is 1. The number of hydrogen-bond acceptors (Lipinski definition) is 5. The van der Waals surface area contributed by atoms with Crippen LogP contribution in [0.3, 0.4) is 0 Å². The van der Waals surface area contributed by atoms with E-state index in [4.69, 9.17) is 4.74 Å². The highest BCUT2D eigenvalue weighted by Gasteiger charge is 2.23. The average molecular weight is 362 g/mol. The number of aliphatic hydroxyl groups excluding tert-OH is 1. The summed E-state index contributed by atoms with van der Waals surface area (Å²) in [4.78, 5) is 25.2. The minimum Gasteiger partial charge on any atom is -0.491 e. The van der Waals surface area contributed by atoms with Gasteiger partial charge in [0, 0.05) is 37.2 Å². The van der Waals surface area contributed by atoms with Crippen LogP contribution in [-0.4, -0.2) is 60.1 Å². The van der Waals surface area contributed by atoms with Gasteiger partial charge in [0.15, 0.2) is 5.78 Å². The Labute approximate surface area is 155 Å². The maximum Gasteiger partial charge on any atom is 0.222 e. The van der Waals surface area contributed by atoms with Crippen LogP contribution in [0.2, 0.25) is 0 Å². The molecule has 6 nitrogen and oxygen atoms in total. The Morgan fingerprint density at radius 3 is 2.38 bits per heavy atom. The Kier molecular flexibility index (Phi) is 7.60. The van der Waals surface area contributed by atoms with Crippen LogP contribution < -0.4 is 10.1 Å². The molecule has 1 atom stereocenters. The molecule has 1 heterocycles. The molecule has 1 aromatic rings. The van der Waals surface area contributed by atoms with Crippen molar-refractivity contribution in [1.29, 1.82) is 0 Å². The van der Waals surface area contributed by atoms with Crippen LogP contribution >= 0.6 is 0 Å². The quantitative estimate of drug-likeness (QED) is 0.690. The summed E-state index contributed by atoms with van der Waals surface area (Å²) in [5, 5.41) is 13.3. The van der Waals surface area contributed by atoms with Crippen molar-refractivity contribution in [1.82, 2.24) is 10.2 Å². The van der Waals surface area contributed by atoms with Crippen LogP contribution in [0, 0.1) is 5.92 Å². The van der Waals surface area contributed by atoms with E-state index < -0.39 is 6.10 Å². The summed E-state index contributed by atoms with van der Waals surface area (Å²) >= 11 is 0. The number of aliphatic hydroxyl groups is 1. The van der Waals surface area contributed by atoms with Gasteiger partial charge in [-0.1, -0.05) is 13.8 Å². The highest BCUT2D eigenvalue weighted by Crippen LogP contribution is 2.14. The van der Waals surface area contributed by atoms with Crippen LogP contribution in [0.15, 0.2) is 24.3 Å². The molecule has 1 unspecified atom stereocenters. The molecule has 1 aromatic carbocycles. The Morgan fingerprint density at radius 1 is 1.23 bits per heavy atom. The van der Waals surface area contributed by atoms with Gasteiger partial charge in [-0.3, -0.25) is 9.59 Å². The van der Waals surface area contributed by atoms with Crippen LogP contribution in [0.25, 0.3) is 0 Å². The molecule has 0 spiro atoms. The molecule has 0 bridgehead atoms.